The zero-order valence-electron chi connectivity index (χ0n) is 17.9. The van der Waals surface area contributed by atoms with Crippen LogP contribution in [0.5, 0.6) is 0 Å². The van der Waals surface area contributed by atoms with Crippen molar-refractivity contribution in [2.45, 2.75) is 32.5 Å². The first kappa shape index (κ1) is 21.7. The molecule has 0 saturated carbocycles. The fraction of sp³-hybridized carbons (Fsp3) is 0.231. The van der Waals surface area contributed by atoms with Crippen LogP contribution in [0.15, 0.2) is 72.8 Å². The summed E-state index contributed by atoms with van der Waals surface area (Å²) in [7, 11) is 0. The van der Waals surface area contributed by atoms with E-state index in [0.717, 1.165) is 29.7 Å². The second kappa shape index (κ2) is 9.75. The van der Waals surface area contributed by atoms with Gasteiger partial charge >= 0.3 is 0 Å². The van der Waals surface area contributed by atoms with Crippen molar-refractivity contribution < 1.29 is 18.7 Å². The molecule has 1 aliphatic rings. The van der Waals surface area contributed by atoms with Crippen molar-refractivity contribution in [1.82, 2.24) is 0 Å². The number of halogens is 1. The van der Waals surface area contributed by atoms with Crippen molar-refractivity contribution in [3.63, 3.8) is 0 Å². The monoisotopic (exact) mass is 432 g/mol. The lowest BCUT2D eigenvalue weighted by Gasteiger charge is -2.32. The van der Waals surface area contributed by atoms with Crippen molar-refractivity contribution in [2.24, 2.45) is 0 Å². The van der Waals surface area contributed by atoms with Gasteiger partial charge in [-0.05, 0) is 67.3 Å². The number of amides is 2. The van der Waals surface area contributed by atoms with Gasteiger partial charge in [-0.25, -0.2) is 4.39 Å². The molecule has 164 valence electrons. The zero-order chi connectivity index (χ0) is 22.5. The lowest BCUT2D eigenvalue weighted by atomic mass is 9.98. The zero-order valence-corrected chi connectivity index (χ0v) is 17.9. The summed E-state index contributed by atoms with van der Waals surface area (Å²) in [4.78, 5) is 27.5. The lowest BCUT2D eigenvalue weighted by molar-refractivity contribution is -0.129. The number of hydrogen-bond acceptors (Lipinski definition) is 3. The van der Waals surface area contributed by atoms with Crippen LogP contribution < -0.4 is 10.2 Å². The van der Waals surface area contributed by atoms with E-state index in [0.29, 0.717) is 24.4 Å². The molecular formula is C26H25FN2O3. The minimum Gasteiger partial charge on any atom is -0.364 e. The van der Waals surface area contributed by atoms with Crippen LogP contribution in [-0.2, 0) is 22.6 Å². The van der Waals surface area contributed by atoms with Crippen molar-refractivity contribution in [2.75, 3.05) is 16.8 Å². The first-order chi connectivity index (χ1) is 15.5. The van der Waals surface area contributed by atoms with Gasteiger partial charge < -0.3 is 15.0 Å². The van der Waals surface area contributed by atoms with Gasteiger partial charge in [-0.3, -0.25) is 9.59 Å². The van der Waals surface area contributed by atoms with Gasteiger partial charge in [-0.15, -0.1) is 0 Å². The van der Waals surface area contributed by atoms with Gasteiger partial charge in [0.2, 0.25) is 0 Å². The first-order valence-corrected chi connectivity index (χ1v) is 10.7. The topological polar surface area (TPSA) is 58.6 Å². The third-order valence-electron chi connectivity index (χ3n) is 5.56. The highest BCUT2D eigenvalue weighted by molar-refractivity contribution is 6.06. The van der Waals surface area contributed by atoms with E-state index in [9.17, 15) is 14.0 Å². The van der Waals surface area contributed by atoms with Crippen LogP contribution in [0.1, 0.15) is 34.8 Å². The number of nitrogens with zero attached hydrogens (tertiary/aromatic N) is 1. The van der Waals surface area contributed by atoms with E-state index in [1.54, 1.807) is 11.8 Å². The first-order valence-electron chi connectivity index (χ1n) is 10.7. The average molecular weight is 432 g/mol. The smallest absolute Gasteiger partial charge is 0.255 e. The molecule has 3 aromatic rings. The summed E-state index contributed by atoms with van der Waals surface area (Å²) in [6, 6.07) is 20.7. The number of carbonyl (C=O) groups excluding carboxylic acids is 2. The van der Waals surface area contributed by atoms with Crippen molar-refractivity contribution in [1.29, 1.82) is 0 Å². The largest absolute Gasteiger partial charge is 0.364 e. The molecule has 2 amide bonds. The second-order valence-corrected chi connectivity index (χ2v) is 7.80. The Bertz CT molecular complexity index is 1100. The SMILES string of the molecule is CC(OCc1ccccc1)C(=O)N1CCCc2c(NC(=O)c3ccc(F)cc3)cccc21. The molecule has 0 aliphatic carbocycles. The van der Waals surface area contributed by atoms with Crippen LogP contribution in [0.25, 0.3) is 0 Å². The van der Waals surface area contributed by atoms with E-state index < -0.39 is 11.9 Å². The van der Waals surface area contributed by atoms with E-state index in [1.807, 2.05) is 48.5 Å². The van der Waals surface area contributed by atoms with Crippen LogP contribution in [0.2, 0.25) is 0 Å². The standard InChI is InChI=1S/C26H25FN2O3/c1-18(32-17-19-7-3-2-4-8-19)26(31)29-16-6-9-22-23(10-5-11-24(22)29)28-25(30)20-12-14-21(27)15-13-20/h2-5,7-8,10-15,18H,6,9,16-17H2,1H3,(H,28,30). The molecule has 4 rings (SSSR count). The molecule has 0 fully saturated rings. The molecule has 0 spiro atoms. The molecule has 5 nitrogen and oxygen atoms in total. The Balaban J connectivity index is 1.49. The molecule has 1 atom stereocenters. The molecule has 0 saturated heterocycles. The maximum atomic E-state index is 13.2. The Morgan fingerprint density at radius 3 is 2.53 bits per heavy atom. The van der Waals surface area contributed by atoms with Gasteiger partial charge in [-0.2, -0.15) is 0 Å². The Morgan fingerprint density at radius 2 is 1.78 bits per heavy atom. The number of rotatable bonds is 6. The molecule has 6 heteroatoms. The fourth-order valence-corrected chi connectivity index (χ4v) is 3.85. The van der Waals surface area contributed by atoms with Crippen LogP contribution in [0, 0.1) is 5.82 Å². The molecule has 1 heterocycles. The Morgan fingerprint density at radius 1 is 1.03 bits per heavy atom. The van der Waals surface area contributed by atoms with Gasteiger partial charge in [0, 0.05) is 23.5 Å². The number of carbonyl (C=O) groups is 2. The summed E-state index contributed by atoms with van der Waals surface area (Å²) in [6.45, 7) is 2.72. The predicted octanol–water partition coefficient (Wildman–Crippen LogP) is 4.96. The van der Waals surface area contributed by atoms with Gasteiger partial charge in [0.05, 0.1) is 6.61 Å². The maximum Gasteiger partial charge on any atom is 0.255 e. The molecule has 1 unspecified atom stereocenters. The number of fused-ring (bicyclic) bond motifs is 1. The minimum atomic E-state index is -0.599. The van der Waals surface area contributed by atoms with Crippen LogP contribution >= 0.6 is 0 Å². The average Bonchev–Trinajstić information content (AvgIpc) is 2.83. The van der Waals surface area contributed by atoms with Crippen molar-refractivity contribution >= 4 is 23.2 Å². The van der Waals surface area contributed by atoms with Crippen LogP contribution in [-0.4, -0.2) is 24.5 Å². The highest BCUT2D eigenvalue weighted by Crippen LogP contribution is 2.33. The van der Waals surface area contributed by atoms with Crippen LogP contribution in [0.3, 0.4) is 0 Å². The van der Waals surface area contributed by atoms with Gasteiger partial charge in [-0.1, -0.05) is 36.4 Å². The quantitative estimate of drug-likeness (QED) is 0.599. The highest BCUT2D eigenvalue weighted by atomic mass is 19.1. The van der Waals surface area contributed by atoms with E-state index in [4.69, 9.17) is 4.74 Å². The molecular weight excluding hydrogens is 407 g/mol. The fourth-order valence-electron chi connectivity index (χ4n) is 3.85. The maximum absolute atomic E-state index is 13.2. The van der Waals surface area contributed by atoms with Crippen LogP contribution in [0.4, 0.5) is 15.8 Å². The Labute approximate surface area is 186 Å². The molecule has 0 aromatic heterocycles. The molecule has 3 aromatic carbocycles. The number of benzene rings is 3. The van der Waals surface area contributed by atoms with E-state index in [1.165, 1.54) is 24.3 Å². The Hall–Kier alpha value is -3.51. The number of hydrogen-bond donors (Lipinski definition) is 1. The summed E-state index contributed by atoms with van der Waals surface area (Å²) in [6.07, 6.45) is 0.935. The van der Waals surface area contributed by atoms with E-state index >= 15 is 0 Å². The summed E-state index contributed by atoms with van der Waals surface area (Å²) in [5.41, 5.74) is 3.74. The predicted molar refractivity (Wildman–Crippen MR) is 122 cm³/mol. The van der Waals surface area contributed by atoms with Gasteiger partial charge in [0.25, 0.3) is 11.8 Å². The summed E-state index contributed by atoms with van der Waals surface area (Å²) < 4.78 is 19.0. The highest BCUT2D eigenvalue weighted by Gasteiger charge is 2.28. The molecule has 0 radical (unpaired) electrons. The third-order valence-corrected chi connectivity index (χ3v) is 5.56. The molecule has 0 bridgehead atoms. The van der Waals surface area contributed by atoms with Gasteiger partial charge in [0.15, 0.2) is 0 Å². The summed E-state index contributed by atoms with van der Waals surface area (Å²) in [5.74, 6) is -0.818. The second-order valence-electron chi connectivity index (χ2n) is 7.80. The minimum absolute atomic E-state index is 0.108. The van der Waals surface area contributed by atoms with Gasteiger partial charge in [0.1, 0.15) is 11.9 Å². The molecule has 32 heavy (non-hydrogen) atoms. The molecule has 1 aliphatic heterocycles. The summed E-state index contributed by atoms with van der Waals surface area (Å²) in [5, 5.41) is 2.91. The Kier molecular flexibility index (Phi) is 6.61. The third kappa shape index (κ3) is 4.86. The van der Waals surface area contributed by atoms with Crippen molar-refractivity contribution in [3.05, 3.63) is 95.3 Å². The normalized spacial score (nSPS) is 13.9. The summed E-state index contributed by atoms with van der Waals surface area (Å²) >= 11 is 0. The number of anilines is 2. The molecule has 1 N–H and O–H groups in total. The lowest BCUT2D eigenvalue weighted by Crippen LogP contribution is -2.42. The van der Waals surface area contributed by atoms with Crippen molar-refractivity contribution in [3.8, 4) is 0 Å². The van der Waals surface area contributed by atoms with E-state index in [2.05, 4.69) is 5.32 Å². The number of nitrogens with one attached hydrogen (secondary N) is 1. The number of ether oxygens (including phenoxy) is 1. The van der Waals surface area contributed by atoms with E-state index in [-0.39, 0.29) is 11.8 Å².